The van der Waals surface area contributed by atoms with Crippen LogP contribution < -0.4 is 5.73 Å². The Bertz CT molecular complexity index is 401. The Kier molecular flexibility index (Phi) is 5.32. The first kappa shape index (κ1) is 15.6. The lowest BCUT2D eigenvalue weighted by atomic mass is 9.94. The van der Waals surface area contributed by atoms with E-state index < -0.39 is 0 Å². The minimum Gasteiger partial charge on any atom is -0.329 e. The standard InChI is InChI=1S/C14H22BrFN2/c1-14(2,3)9-18(4)13(8-17)11-6-5-10(16)7-12(11)15/h5-7,13H,8-9,17H2,1-4H3. The third-order valence-corrected chi connectivity index (χ3v) is 3.49. The molecule has 102 valence electrons. The van der Waals surface area contributed by atoms with Crippen molar-refractivity contribution >= 4 is 15.9 Å². The second kappa shape index (κ2) is 6.13. The van der Waals surface area contributed by atoms with E-state index in [-0.39, 0.29) is 17.3 Å². The van der Waals surface area contributed by atoms with Gasteiger partial charge >= 0.3 is 0 Å². The summed E-state index contributed by atoms with van der Waals surface area (Å²) in [6.07, 6.45) is 0. The summed E-state index contributed by atoms with van der Waals surface area (Å²) in [5.74, 6) is -0.236. The topological polar surface area (TPSA) is 29.3 Å². The fourth-order valence-electron chi connectivity index (χ4n) is 2.17. The lowest BCUT2D eigenvalue weighted by molar-refractivity contribution is 0.175. The molecule has 1 unspecified atom stereocenters. The Morgan fingerprint density at radius 3 is 2.44 bits per heavy atom. The van der Waals surface area contributed by atoms with Gasteiger partial charge < -0.3 is 5.73 Å². The Morgan fingerprint density at radius 2 is 2.00 bits per heavy atom. The van der Waals surface area contributed by atoms with Gasteiger partial charge in [-0.15, -0.1) is 0 Å². The van der Waals surface area contributed by atoms with Crippen LogP contribution in [0.15, 0.2) is 22.7 Å². The van der Waals surface area contributed by atoms with Gasteiger partial charge in [0.25, 0.3) is 0 Å². The molecule has 1 rings (SSSR count). The van der Waals surface area contributed by atoms with Crippen LogP contribution >= 0.6 is 15.9 Å². The molecule has 0 saturated carbocycles. The van der Waals surface area contributed by atoms with Crippen LogP contribution in [0.4, 0.5) is 4.39 Å². The fraction of sp³-hybridized carbons (Fsp3) is 0.571. The van der Waals surface area contributed by atoms with Crippen LogP contribution in [-0.4, -0.2) is 25.0 Å². The number of rotatable bonds is 4. The van der Waals surface area contributed by atoms with Gasteiger partial charge in [0.15, 0.2) is 0 Å². The van der Waals surface area contributed by atoms with E-state index in [0.29, 0.717) is 6.54 Å². The molecule has 0 fully saturated rings. The predicted octanol–water partition coefficient (Wildman–Crippen LogP) is 3.57. The molecule has 0 radical (unpaired) electrons. The van der Waals surface area contributed by atoms with Crippen molar-refractivity contribution in [2.45, 2.75) is 26.8 Å². The third-order valence-electron chi connectivity index (χ3n) is 2.80. The maximum Gasteiger partial charge on any atom is 0.124 e. The van der Waals surface area contributed by atoms with E-state index in [9.17, 15) is 4.39 Å². The highest BCUT2D eigenvalue weighted by atomic mass is 79.9. The molecular weight excluding hydrogens is 295 g/mol. The number of hydrogen-bond donors (Lipinski definition) is 1. The molecule has 1 aromatic rings. The molecule has 0 aliphatic rings. The molecule has 0 aromatic heterocycles. The summed E-state index contributed by atoms with van der Waals surface area (Å²) < 4.78 is 13.9. The van der Waals surface area contributed by atoms with Crippen LogP contribution in [0.1, 0.15) is 32.4 Å². The Hall–Kier alpha value is -0.450. The van der Waals surface area contributed by atoms with E-state index in [4.69, 9.17) is 5.73 Å². The van der Waals surface area contributed by atoms with Gasteiger partial charge in [-0.25, -0.2) is 4.39 Å². The van der Waals surface area contributed by atoms with Gasteiger partial charge in [-0.2, -0.15) is 0 Å². The maximum absolute atomic E-state index is 13.1. The van der Waals surface area contributed by atoms with E-state index in [1.165, 1.54) is 12.1 Å². The summed E-state index contributed by atoms with van der Waals surface area (Å²) in [4.78, 5) is 2.22. The number of nitrogens with zero attached hydrogens (tertiary/aromatic N) is 1. The zero-order chi connectivity index (χ0) is 13.9. The SMILES string of the molecule is CN(CC(C)(C)C)C(CN)c1ccc(F)cc1Br. The second-order valence-electron chi connectivity index (χ2n) is 5.89. The summed E-state index contributed by atoms with van der Waals surface area (Å²) >= 11 is 3.41. The highest BCUT2D eigenvalue weighted by Gasteiger charge is 2.22. The third kappa shape index (κ3) is 4.34. The summed E-state index contributed by atoms with van der Waals surface area (Å²) in [6.45, 7) is 8.01. The largest absolute Gasteiger partial charge is 0.329 e. The highest BCUT2D eigenvalue weighted by Crippen LogP contribution is 2.29. The van der Waals surface area contributed by atoms with E-state index in [1.54, 1.807) is 6.07 Å². The Balaban J connectivity index is 2.95. The molecule has 1 atom stereocenters. The quantitative estimate of drug-likeness (QED) is 0.920. The summed E-state index contributed by atoms with van der Waals surface area (Å²) in [5.41, 5.74) is 7.11. The van der Waals surface area contributed by atoms with Crippen LogP contribution in [-0.2, 0) is 0 Å². The molecule has 0 aliphatic carbocycles. The number of nitrogens with two attached hydrogens (primary N) is 1. The van der Waals surface area contributed by atoms with E-state index in [2.05, 4.69) is 48.6 Å². The number of halogens is 2. The molecule has 2 N–H and O–H groups in total. The lowest BCUT2D eigenvalue weighted by Gasteiger charge is -2.33. The van der Waals surface area contributed by atoms with Crippen LogP contribution in [0.3, 0.4) is 0 Å². The summed E-state index contributed by atoms with van der Waals surface area (Å²) in [6, 6.07) is 4.87. The molecule has 4 heteroatoms. The molecule has 0 aliphatic heterocycles. The van der Waals surface area contributed by atoms with E-state index >= 15 is 0 Å². The van der Waals surface area contributed by atoms with Gasteiger partial charge in [-0.3, -0.25) is 4.90 Å². The van der Waals surface area contributed by atoms with Gasteiger partial charge in [-0.1, -0.05) is 42.8 Å². The van der Waals surface area contributed by atoms with Crippen molar-refractivity contribution in [1.29, 1.82) is 0 Å². The number of likely N-dealkylation sites (N-methyl/N-ethyl adjacent to an activating group) is 1. The van der Waals surface area contributed by atoms with Gasteiger partial charge in [-0.05, 0) is 30.2 Å². The average Bonchev–Trinajstić information content (AvgIpc) is 2.19. The Morgan fingerprint density at radius 1 is 1.39 bits per heavy atom. The van der Waals surface area contributed by atoms with Crippen molar-refractivity contribution in [3.63, 3.8) is 0 Å². The smallest absolute Gasteiger partial charge is 0.124 e. The van der Waals surface area contributed by atoms with Crippen molar-refractivity contribution < 1.29 is 4.39 Å². The molecular formula is C14H22BrFN2. The van der Waals surface area contributed by atoms with Crippen LogP contribution in [0.25, 0.3) is 0 Å². The Labute approximate surface area is 117 Å². The lowest BCUT2D eigenvalue weighted by Crippen LogP contribution is -2.36. The summed E-state index contributed by atoms with van der Waals surface area (Å²) in [7, 11) is 2.05. The molecule has 0 bridgehead atoms. The molecule has 1 aromatic carbocycles. The first-order valence-corrected chi connectivity index (χ1v) is 6.89. The summed E-state index contributed by atoms with van der Waals surface area (Å²) in [5, 5.41) is 0. The second-order valence-corrected chi connectivity index (χ2v) is 6.75. The normalized spacial score (nSPS) is 14.0. The zero-order valence-electron chi connectivity index (χ0n) is 11.5. The van der Waals surface area contributed by atoms with Gasteiger partial charge in [0.1, 0.15) is 5.82 Å². The molecule has 0 amide bonds. The van der Waals surface area contributed by atoms with Crippen molar-refractivity contribution in [2.24, 2.45) is 11.1 Å². The molecule has 0 heterocycles. The van der Waals surface area contributed by atoms with Crippen LogP contribution in [0.5, 0.6) is 0 Å². The monoisotopic (exact) mass is 316 g/mol. The zero-order valence-corrected chi connectivity index (χ0v) is 13.1. The van der Waals surface area contributed by atoms with E-state index in [0.717, 1.165) is 16.6 Å². The van der Waals surface area contributed by atoms with Crippen molar-refractivity contribution in [2.75, 3.05) is 20.1 Å². The minimum absolute atomic E-state index is 0.0965. The average molecular weight is 317 g/mol. The van der Waals surface area contributed by atoms with Gasteiger partial charge in [0.2, 0.25) is 0 Å². The molecule has 0 saturated heterocycles. The van der Waals surface area contributed by atoms with E-state index in [1.807, 2.05) is 0 Å². The number of hydrogen-bond acceptors (Lipinski definition) is 2. The van der Waals surface area contributed by atoms with Crippen molar-refractivity contribution in [3.05, 3.63) is 34.1 Å². The molecule has 2 nitrogen and oxygen atoms in total. The van der Waals surface area contributed by atoms with Crippen molar-refractivity contribution in [3.8, 4) is 0 Å². The molecule has 18 heavy (non-hydrogen) atoms. The van der Waals surface area contributed by atoms with Gasteiger partial charge in [0, 0.05) is 23.6 Å². The number of benzene rings is 1. The fourth-order valence-corrected chi connectivity index (χ4v) is 2.79. The minimum atomic E-state index is -0.236. The van der Waals surface area contributed by atoms with Crippen molar-refractivity contribution in [1.82, 2.24) is 4.90 Å². The van der Waals surface area contributed by atoms with Crippen LogP contribution in [0, 0.1) is 11.2 Å². The first-order valence-electron chi connectivity index (χ1n) is 6.10. The highest BCUT2D eigenvalue weighted by molar-refractivity contribution is 9.10. The maximum atomic E-state index is 13.1. The van der Waals surface area contributed by atoms with Gasteiger partial charge in [0.05, 0.1) is 0 Å². The van der Waals surface area contributed by atoms with Crippen LogP contribution in [0.2, 0.25) is 0 Å². The first-order chi connectivity index (χ1) is 8.24. The predicted molar refractivity (Wildman–Crippen MR) is 78.0 cm³/mol. The molecule has 0 spiro atoms.